The maximum Gasteiger partial charge on any atom is 0.243 e. The molecule has 0 atom stereocenters. The molecule has 1 heterocycles. The molecule has 0 unspecified atom stereocenters. The Balaban J connectivity index is 1.63. The number of piperazine rings is 1. The molecule has 0 radical (unpaired) electrons. The predicted molar refractivity (Wildman–Crippen MR) is 116 cm³/mol. The Bertz CT molecular complexity index is 985. The minimum Gasteiger partial charge on any atom is -0.334 e. The number of hydrogen-bond acceptors (Lipinski definition) is 4. The van der Waals surface area contributed by atoms with Gasteiger partial charge in [0.15, 0.2) is 0 Å². The highest BCUT2D eigenvalue weighted by atomic mass is 32.2. The fourth-order valence-corrected chi connectivity index (χ4v) is 4.94. The first-order valence-corrected chi connectivity index (χ1v) is 11.1. The summed E-state index contributed by atoms with van der Waals surface area (Å²) < 4.78 is 27.6. The Morgan fingerprint density at radius 3 is 2.21 bits per heavy atom. The van der Waals surface area contributed by atoms with Crippen molar-refractivity contribution in [3.8, 4) is 0 Å². The molecule has 29 heavy (non-hydrogen) atoms. The molecule has 0 aliphatic carbocycles. The normalized spacial score (nSPS) is 15.9. The van der Waals surface area contributed by atoms with Gasteiger partial charge in [-0.05, 0) is 22.9 Å². The lowest BCUT2D eigenvalue weighted by Gasteiger charge is -2.34. The van der Waals surface area contributed by atoms with Gasteiger partial charge >= 0.3 is 0 Å². The molecule has 0 bridgehead atoms. The summed E-state index contributed by atoms with van der Waals surface area (Å²) >= 11 is 0. The van der Waals surface area contributed by atoms with Crippen molar-refractivity contribution in [1.82, 2.24) is 14.1 Å². The van der Waals surface area contributed by atoms with Crippen LogP contribution in [0.4, 0.5) is 0 Å². The van der Waals surface area contributed by atoms with Crippen molar-refractivity contribution in [2.45, 2.75) is 4.90 Å². The molecule has 1 amide bonds. The van der Waals surface area contributed by atoms with Crippen molar-refractivity contribution in [2.24, 2.45) is 0 Å². The van der Waals surface area contributed by atoms with Crippen molar-refractivity contribution in [3.05, 3.63) is 67.8 Å². The van der Waals surface area contributed by atoms with E-state index in [0.717, 1.165) is 10.8 Å². The average molecular weight is 414 g/mol. The van der Waals surface area contributed by atoms with Gasteiger partial charge in [0.25, 0.3) is 0 Å². The Labute approximate surface area is 172 Å². The van der Waals surface area contributed by atoms with Crippen molar-refractivity contribution in [3.63, 3.8) is 0 Å². The molecule has 2 aromatic carbocycles. The second-order valence-corrected chi connectivity index (χ2v) is 9.00. The molecule has 0 aromatic heterocycles. The third-order valence-corrected chi connectivity index (χ3v) is 7.00. The quantitative estimate of drug-likeness (QED) is 0.624. The number of hydrogen-bond donors (Lipinski definition) is 0. The highest BCUT2D eigenvalue weighted by molar-refractivity contribution is 7.89. The zero-order valence-electron chi connectivity index (χ0n) is 16.5. The van der Waals surface area contributed by atoms with Crippen LogP contribution in [0.2, 0.25) is 0 Å². The maximum absolute atomic E-state index is 13.0. The van der Waals surface area contributed by atoms with E-state index in [1.54, 1.807) is 29.2 Å². The molecular formula is C22H27N3O3S. The highest BCUT2D eigenvalue weighted by Gasteiger charge is 2.29. The van der Waals surface area contributed by atoms with Gasteiger partial charge in [0.05, 0.1) is 11.4 Å². The Morgan fingerprint density at radius 2 is 1.59 bits per heavy atom. The summed E-state index contributed by atoms with van der Waals surface area (Å²) in [5, 5.41) is 1.92. The smallest absolute Gasteiger partial charge is 0.243 e. The number of nitrogens with zero attached hydrogens (tertiary/aromatic N) is 3. The lowest BCUT2D eigenvalue weighted by molar-refractivity contribution is -0.131. The number of amides is 1. The van der Waals surface area contributed by atoms with Crippen LogP contribution >= 0.6 is 0 Å². The van der Waals surface area contributed by atoms with Crippen LogP contribution in [0.25, 0.3) is 10.8 Å². The van der Waals surface area contributed by atoms with Crippen molar-refractivity contribution in [1.29, 1.82) is 0 Å². The Hall–Kier alpha value is -2.48. The van der Waals surface area contributed by atoms with Gasteiger partial charge in [0, 0.05) is 39.3 Å². The van der Waals surface area contributed by atoms with Crippen LogP contribution in [0, 0.1) is 0 Å². The van der Waals surface area contributed by atoms with Gasteiger partial charge in [-0.1, -0.05) is 42.5 Å². The third kappa shape index (κ3) is 4.93. The lowest BCUT2D eigenvalue weighted by Crippen LogP contribution is -2.51. The molecular weight excluding hydrogens is 386 g/mol. The number of carbonyl (C=O) groups excluding carboxylic acids is 1. The molecule has 0 N–H and O–H groups in total. The second-order valence-electron chi connectivity index (χ2n) is 7.07. The van der Waals surface area contributed by atoms with E-state index >= 15 is 0 Å². The van der Waals surface area contributed by atoms with Crippen molar-refractivity contribution < 1.29 is 13.2 Å². The molecule has 2 aromatic rings. The fourth-order valence-electron chi connectivity index (χ4n) is 3.49. The largest absolute Gasteiger partial charge is 0.334 e. The number of carbonyl (C=O) groups is 1. The van der Waals surface area contributed by atoms with Crippen molar-refractivity contribution >= 4 is 26.7 Å². The fraction of sp³-hybridized carbons (Fsp3) is 0.318. The number of fused-ring (bicyclic) bond motifs is 1. The minimum absolute atomic E-state index is 0.00404. The summed E-state index contributed by atoms with van der Waals surface area (Å²) in [5.41, 5.74) is 0. The van der Waals surface area contributed by atoms with Gasteiger partial charge in [-0.3, -0.25) is 9.69 Å². The van der Waals surface area contributed by atoms with Gasteiger partial charge in [-0.2, -0.15) is 4.31 Å². The first-order valence-electron chi connectivity index (χ1n) is 9.66. The molecule has 0 spiro atoms. The molecule has 7 heteroatoms. The average Bonchev–Trinajstić information content (AvgIpc) is 2.73. The van der Waals surface area contributed by atoms with E-state index in [0.29, 0.717) is 44.2 Å². The predicted octanol–water partition coefficient (Wildman–Crippen LogP) is 2.35. The molecule has 1 aliphatic heterocycles. The highest BCUT2D eigenvalue weighted by Crippen LogP contribution is 2.22. The molecule has 1 fully saturated rings. The maximum atomic E-state index is 13.0. The van der Waals surface area contributed by atoms with Crippen LogP contribution in [-0.4, -0.2) is 74.2 Å². The number of sulfonamides is 1. The zero-order valence-corrected chi connectivity index (χ0v) is 17.4. The van der Waals surface area contributed by atoms with Crippen LogP contribution in [0.15, 0.2) is 72.7 Å². The SMILES string of the molecule is C=CCN(CC=C)C(=O)CN1CCN(S(=O)(=O)c2ccc3ccccc3c2)CC1. The van der Waals surface area contributed by atoms with E-state index in [-0.39, 0.29) is 12.5 Å². The van der Waals surface area contributed by atoms with Crippen LogP contribution in [0.5, 0.6) is 0 Å². The summed E-state index contributed by atoms with van der Waals surface area (Å²) in [6, 6.07) is 12.9. The zero-order chi connectivity index (χ0) is 20.9. The minimum atomic E-state index is -3.55. The number of benzene rings is 2. The van der Waals surface area contributed by atoms with Gasteiger partial charge < -0.3 is 4.90 Å². The standard InChI is InChI=1S/C22H27N3O3S/c1-3-11-24(12-4-2)22(26)18-23-13-15-25(16-14-23)29(27,28)21-10-9-19-7-5-6-8-20(19)17-21/h3-10,17H,1-2,11-16,18H2. The van der Waals surface area contributed by atoms with E-state index in [1.165, 1.54) is 4.31 Å². The van der Waals surface area contributed by atoms with Crippen molar-refractivity contribution in [2.75, 3.05) is 45.8 Å². The van der Waals surface area contributed by atoms with Gasteiger partial charge in [-0.15, -0.1) is 13.2 Å². The first-order chi connectivity index (χ1) is 14.0. The third-order valence-electron chi connectivity index (χ3n) is 5.10. The van der Waals surface area contributed by atoms with Gasteiger partial charge in [0.2, 0.25) is 15.9 Å². The summed E-state index contributed by atoms with van der Waals surface area (Å²) in [6.07, 6.45) is 3.38. The van der Waals surface area contributed by atoms with Crippen LogP contribution in [0.1, 0.15) is 0 Å². The Kier molecular flexibility index (Phi) is 6.84. The van der Waals surface area contributed by atoms with E-state index in [1.807, 2.05) is 35.2 Å². The van der Waals surface area contributed by atoms with Gasteiger partial charge in [0.1, 0.15) is 0 Å². The number of rotatable bonds is 8. The first kappa shape index (κ1) is 21.2. The second kappa shape index (κ2) is 9.35. The molecule has 0 saturated carbocycles. The molecule has 3 rings (SSSR count). The summed E-state index contributed by atoms with van der Waals surface area (Å²) in [5.74, 6) is -0.00404. The van der Waals surface area contributed by atoms with E-state index in [2.05, 4.69) is 13.2 Å². The van der Waals surface area contributed by atoms with Crippen LogP contribution in [-0.2, 0) is 14.8 Å². The summed E-state index contributed by atoms with van der Waals surface area (Å²) in [6.45, 7) is 10.4. The Morgan fingerprint density at radius 1 is 0.966 bits per heavy atom. The summed E-state index contributed by atoms with van der Waals surface area (Å²) in [4.78, 5) is 16.5. The van der Waals surface area contributed by atoms with E-state index in [4.69, 9.17) is 0 Å². The molecule has 1 aliphatic rings. The van der Waals surface area contributed by atoms with Crippen LogP contribution < -0.4 is 0 Å². The molecule has 1 saturated heterocycles. The van der Waals surface area contributed by atoms with Crippen LogP contribution in [0.3, 0.4) is 0 Å². The summed E-state index contributed by atoms with van der Waals surface area (Å²) in [7, 11) is -3.55. The lowest BCUT2D eigenvalue weighted by atomic mass is 10.1. The molecule has 6 nitrogen and oxygen atoms in total. The monoisotopic (exact) mass is 413 g/mol. The van der Waals surface area contributed by atoms with E-state index in [9.17, 15) is 13.2 Å². The molecule has 154 valence electrons. The van der Waals surface area contributed by atoms with Gasteiger partial charge in [-0.25, -0.2) is 8.42 Å². The topological polar surface area (TPSA) is 60.9 Å². The van der Waals surface area contributed by atoms with E-state index < -0.39 is 10.0 Å².